The molecule has 0 aromatic carbocycles. The van der Waals surface area contributed by atoms with Gasteiger partial charge in [0.2, 0.25) is 5.91 Å². The topological polar surface area (TPSA) is 20.3 Å². The van der Waals surface area contributed by atoms with Gasteiger partial charge in [-0.25, -0.2) is 0 Å². The maximum atomic E-state index is 12.3. The lowest BCUT2D eigenvalue weighted by atomic mass is 10.0. The molecule has 2 nitrogen and oxygen atoms in total. The number of fused-ring (bicyclic) bond motifs is 1. The Hall–Kier alpha value is -0.970. The molecular weight excluding hydrogens is 186 g/mol. The monoisotopic (exact) mass is 201 g/mol. The van der Waals surface area contributed by atoms with Crippen LogP contribution in [-0.4, -0.2) is 23.4 Å². The zero-order chi connectivity index (χ0) is 10.3. The minimum absolute atomic E-state index is 0.107. The Morgan fingerprint density at radius 1 is 1.33 bits per heavy atom. The van der Waals surface area contributed by atoms with Gasteiger partial charge in [-0.3, -0.25) is 4.79 Å². The number of terminal acetylenes is 1. The van der Waals surface area contributed by atoms with Gasteiger partial charge < -0.3 is 4.90 Å². The van der Waals surface area contributed by atoms with E-state index >= 15 is 0 Å². The molecule has 1 atom stereocenters. The van der Waals surface area contributed by atoms with Gasteiger partial charge >= 0.3 is 0 Å². The van der Waals surface area contributed by atoms with Gasteiger partial charge in [-0.15, -0.1) is 6.42 Å². The predicted octanol–water partition coefficient (Wildman–Crippen LogP) is 1.41. The maximum Gasteiger partial charge on any atom is 0.230 e. The average molecular weight is 201 g/mol. The van der Waals surface area contributed by atoms with Crippen LogP contribution in [0.15, 0.2) is 0 Å². The summed E-state index contributed by atoms with van der Waals surface area (Å²) in [5, 5.41) is 0. The molecule has 4 rings (SSSR count). The molecule has 1 spiro atoms. The molecular formula is C13H15NO. The summed E-state index contributed by atoms with van der Waals surface area (Å²) in [7, 11) is 0. The number of carbonyl (C=O) groups excluding carboxylic acids is 1. The first kappa shape index (κ1) is 8.21. The molecule has 0 bridgehead atoms. The molecule has 1 heterocycles. The fourth-order valence-electron chi connectivity index (χ4n) is 3.29. The highest BCUT2D eigenvalue weighted by atomic mass is 16.2. The maximum absolute atomic E-state index is 12.3. The normalized spacial score (nSPS) is 47.3. The highest BCUT2D eigenvalue weighted by Crippen LogP contribution is 2.76. The first-order valence-corrected chi connectivity index (χ1v) is 5.96. The van der Waals surface area contributed by atoms with E-state index in [1.807, 2.05) is 4.90 Å². The van der Waals surface area contributed by atoms with Crippen LogP contribution in [0.1, 0.15) is 32.1 Å². The molecule has 3 aliphatic carbocycles. The largest absolute Gasteiger partial charge is 0.328 e. The van der Waals surface area contributed by atoms with E-state index in [1.165, 1.54) is 12.8 Å². The lowest BCUT2D eigenvalue weighted by Gasteiger charge is -2.22. The van der Waals surface area contributed by atoms with Gasteiger partial charge in [0.05, 0.1) is 11.5 Å². The molecule has 2 heteroatoms. The molecule has 15 heavy (non-hydrogen) atoms. The van der Waals surface area contributed by atoms with Crippen LogP contribution in [0.3, 0.4) is 0 Å². The third kappa shape index (κ3) is 0.897. The predicted molar refractivity (Wildman–Crippen MR) is 55.8 cm³/mol. The third-order valence-electron chi connectivity index (χ3n) is 5.03. The van der Waals surface area contributed by atoms with Gasteiger partial charge in [0, 0.05) is 6.54 Å². The molecule has 0 radical (unpaired) electrons. The summed E-state index contributed by atoms with van der Waals surface area (Å²) in [6.45, 7) is 0.954. The summed E-state index contributed by atoms with van der Waals surface area (Å²) < 4.78 is 0. The molecule has 0 aromatic rings. The molecule has 1 amide bonds. The van der Waals surface area contributed by atoms with Crippen molar-refractivity contribution < 1.29 is 4.79 Å². The van der Waals surface area contributed by atoms with E-state index in [2.05, 4.69) is 5.92 Å². The van der Waals surface area contributed by atoms with Crippen molar-refractivity contribution in [3.05, 3.63) is 0 Å². The van der Waals surface area contributed by atoms with Crippen molar-refractivity contribution in [2.24, 2.45) is 16.7 Å². The zero-order valence-corrected chi connectivity index (χ0v) is 8.83. The molecule has 1 unspecified atom stereocenters. The Labute approximate surface area is 90.0 Å². The van der Waals surface area contributed by atoms with Crippen LogP contribution < -0.4 is 0 Å². The molecule has 4 aliphatic rings. The molecule has 78 valence electrons. The Bertz CT molecular complexity index is 395. The molecule has 4 fully saturated rings. The minimum atomic E-state index is 0.107. The van der Waals surface area contributed by atoms with E-state index < -0.39 is 0 Å². The standard InChI is InChI=1S/C13H15NO/c1-2-10-7-12(3-4-12)8-14(10)11(15)13-5-9(13)6-13/h1,9-10H,3-8H2. The van der Waals surface area contributed by atoms with Crippen molar-refractivity contribution in [3.8, 4) is 12.3 Å². The number of hydrogen-bond acceptors (Lipinski definition) is 1. The summed E-state index contributed by atoms with van der Waals surface area (Å²) >= 11 is 0. The van der Waals surface area contributed by atoms with Crippen LogP contribution in [0.2, 0.25) is 0 Å². The van der Waals surface area contributed by atoms with Crippen molar-refractivity contribution in [1.82, 2.24) is 4.90 Å². The van der Waals surface area contributed by atoms with E-state index in [0.717, 1.165) is 31.7 Å². The highest BCUT2D eigenvalue weighted by Gasteiger charge is 2.76. The molecule has 0 N–H and O–H groups in total. The number of carbonyl (C=O) groups is 1. The Balaban J connectivity index is 1.60. The van der Waals surface area contributed by atoms with Crippen molar-refractivity contribution in [2.45, 2.75) is 38.1 Å². The second-order valence-electron chi connectivity index (χ2n) is 6.08. The second kappa shape index (κ2) is 2.09. The van der Waals surface area contributed by atoms with Crippen molar-refractivity contribution in [3.63, 3.8) is 0 Å². The molecule has 1 saturated heterocycles. The van der Waals surface area contributed by atoms with Crippen molar-refractivity contribution in [1.29, 1.82) is 0 Å². The first-order chi connectivity index (χ1) is 7.19. The molecule has 3 saturated carbocycles. The number of rotatable bonds is 1. The van der Waals surface area contributed by atoms with Crippen LogP contribution in [0, 0.1) is 29.1 Å². The van der Waals surface area contributed by atoms with E-state index in [1.54, 1.807) is 0 Å². The number of nitrogens with zero attached hydrogens (tertiary/aromatic N) is 1. The van der Waals surface area contributed by atoms with Crippen LogP contribution in [0.5, 0.6) is 0 Å². The number of likely N-dealkylation sites (tertiary alicyclic amines) is 1. The Morgan fingerprint density at radius 2 is 2.00 bits per heavy atom. The van der Waals surface area contributed by atoms with Crippen molar-refractivity contribution in [2.75, 3.05) is 6.54 Å². The SMILES string of the molecule is C#CC1CC2(CC2)CN1C(=O)C12CC1C2. The lowest BCUT2D eigenvalue weighted by Crippen LogP contribution is -2.38. The van der Waals surface area contributed by atoms with Gasteiger partial charge in [-0.1, -0.05) is 5.92 Å². The summed E-state index contributed by atoms with van der Waals surface area (Å²) in [4.78, 5) is 14.3. The summed E-state index contributed by atoms with van der Waals surface area (Å²) in [5.74, 6) is 3.94. The average Bonchev–Trinajstić information content (AvgIpc) is 3.02. The fraction of sp³-hybridized carbons (Fsp3) is 0.769. The van der Waals surface area contributed by atoms with Crippen LogP contribution in [-0.2, 0) is 4.79 Å². The molecule has 0 aromatic heterocycles. The lowest BCUT2D eigenvalue weighted by molar-refractivity contribution is -0.134. The zero-order valence-electron chi connectivity index (χ0n) is 8.83. The van der Waals surface area contributed by atoms with E-state index in [0.29, 0.717) is 11.3 Å². The minimum Gasteiger partial charge on any atom is -0.328 e. The quantitative estimate of drug-likeness (QED) is 0.587. The van der Waals surface area contributed by atoms with Gasteiger partial charge in [0.25, 0.3) is 0 Å². The van der Waals surface area contributed by atoms with Gasteiger partial charge in [-0.05, 0) is 43.4 Å². The first-order valence-electron chi connectivity index (χ1n) is 5.96. The van der Waals surface area contributed by atoms with Gasteiger partial charge in [0.15, 0.2) is 0 Å². The van der Waals surface area contributed by atoms with E-state index in [4.69, 9.17) is 6.42 Å². The molecule has 1 aliphatic heterocycles. The Kier molecular flexibility index (Phi) is 1.14. The summed E-state index contributed by atoms with van der Waals surface area (Å²) in [6, 6.07) is 0.108. The van der Waals surface area contributed by atoms with Crippen LogP contribution in [0.25, 0.3) is 0 Å². The van der Waals surface area contributed by atoms with E-state index in [9.17, 15) is 4.79 Å². The van der Waals surface area contributed by atoms with E-state index in [-0.39, 0.29) is 11.5 Å². The smallest absolute Gasteiger partial charge is 0.230 e. The van der Waals surface area contributed by atoms with Crippen molar-refractivity contribution >= 4 is 5.91 Å². The third-order valence-corrected chi connectivity index (χ3v) is 5.03. The summed E-state index contributed by atoms with van der Waals surface area (Å²) in [6.07, 6.45) is 11.5. The van der Waals surface area contributed by atoms with Crippen LogP contribution in [0.4, 0.5) is 0 Å². The van der Waals surface area contributed by atoms with Gasteiger partial charge in [0.1, 0.15) is 0 Å². The fourth-order valence-corrected chi connectivity index (χ4v) is 3.29. The number of hydrogen-bond donors (Lipinski definition) is 0. The summed E-state index contributed by atoms with van der Waals surface area (Å²) in [5.41, 5.74) is 0.554. The second-order valence-corrected chi connectivity index (χ2v) is 6.08. The Morgan fingerprint density at radius 3 is 2.47 bits per heavy atom. The van der Waals surface area contributed by atoms with Crippen LogP contribution >= 0.6 is 0 Å². The van der Waals surface area contributed by atoms with Gasteiger partial charge in [-0.2, -0.15) is 0 Å². The highest BCUT2D eigenvalue weighted by molar-refractivity contribution is 5.91. The number of amides is 1.